The number of hydrogen-bond donors (Lipinski definition) is 2. The molecule has 0 spiro atoms. The highest BCUT2D eigenvalue weighted by Crippen LogP contribution is 2.27. The molecule has 0 aromatic heterocycles. The highest BCUT2D eigenvalue weighted by Gasteiger charge is 2.13. The second-order valence-electron chi connectivity index (χ2n) is 4.50. The van der Waals surface area contributed by atoms with Crippen LogP contribution < -0.4 is 11.1 Å². The number of nitrogens with two attached hydrogens (primary N) is 1. The molecule has 2 aromatic carbocycles. The highest BCUT2D eigenvalue weighted by molar-refractivity contribution is 6.31. The lowest BCUT2D eigenvalue weighted by Crippen LogP contribution is -2.08. The van der Waals surface area contributed by atoms with Crippen molar-refractivity contribution in [2.24, 2.45) is 0 Å². The molecule has 0 aliphatic carbocycles. The van der Waals surface area contributed by atoms with Gasteiger partial charge in [-0.15, -0.1) is 0 Å². The second-order valence-corrected chi connectivity index (χ2v) is 4.91. The van der Waals surface area contributed by atoms with Gasteiger partial charge in [-0.3, -0.25) is 0 Å². The van der Waals surface area contributed by atoms with E-state index in [-0.39, 0.29) is 10.6 Å². The second kappa shape index (κ2) is 6.01. The number of esters is 1. The molecule has 0 amide bonds. The molecule has 4 nitrogen and oxygen atoms in total. The van der Waals surface area contributed by atoms with Gasteiger partial charge in [0.15, 0.2) is 0 Å². The van der Waals surface area contributed by atoms with E-state index in [4.69, 9.17) is 22.1 Å². The minimum absolute atomic E-state index is 0.0142. The summed E-state index contributed by atoms with van der Waals surface area (Å²) in [6, 6.07) is 7.62. The van der Waals surface area contributed by atoms with E-state index >= 15 is 0 Å². The van der Waals surface area contributed by atoms with Gasteiger partial charge in [0.25, 0.3) is 0 Å². The van der Waals surface area contributed by atoms with E-state index in [1.165, 1.54) is 19.2 Å². The maximum Gasteiger partial charge on any atom is 0.340 e. The zero-order chi connectivity index (χ0) is 15.6. The van der Waals surface area contributed by atoms with Crippen LogP contribution >= 0.6 is 11.6 Å². The molecule has 0 heterocycles. The Labute approximate surface area is 126 Å². The minimum atomic E-state index is -0.517. The molecular weight excluding hydrogens is 295 g/mol. The van der Waals surface area contributed by atoms with Crippen LogP contribution in [-0.4, -0.2) is 13.1 Å². The summed E-state index contributed by atoms with van der Waals surface area (Å²) < 4.78 is 17.8. The van der Waals surface area contributed by atoms with E-state index in [9.17, 15) is 9.18 Å². The molecule has 0 saturated carbocycles. The first-order valence-corrected chi connectivity index (χ1v) is 6.50. The van der Waals surface area contributed by atoms with Crippen LogP contribution in [0.2, 0.25) is 5.02 Å². The Kier molecular flexibility index (Phi) is 4.33. The van der Waals surface area contributed by atoms with Gasteiger partial charge in [0.2, 0.25) is 0 Å². The van der Waals surface area contributed by atoms with Crippen molar-refractivity contribution in [1.29, 1.82) is 0 Å². The molecule has 0 fully saturated rings. The van der Waals surface area contributed by atoms with Crippen LogP contribution in [0.4, 0.5) is 21.5 Å². The van der Waals surface area contributed by atoms with Crippen LogP contribution in [-0.2, 0) is 4.74 Å². The van der Waals surface area contributed by atoms with Crippen LogP contribution in [0.5, 0.6) is 0 Å². The van der Waals surface area contributed by atoms with Gasteiger partial charge >= 0.3 is 5.97 Å². The van der Waals surface area contributed by atoms with Crippen LogP contribution in [0.3, 0.4) is 0 Å². The summed E-state index contributed by atoms with van der Waals surface area (Å²) in [5.74, 6) is -1.01. The third kappa shape index (κ3) is 3.25. The number of aryl methyl sites for hydroxylation is 1. The van der Waals surface area contributed by atoms with Crippen molar-refractivity contribution in [2.45, 2.75) is 6.92 Å². The maximum atomic E-state index is 13.1. The van der Waals surface area contributed by atoms with Crippen LogP contribution in [0.25, 0.3) is 0 Å². The summed E-state index contributed by atoms with van der Waals surface area (Å²) in [6.45, 7) is 1.78. The Hall–Kier alpha value is -2.27. The van der Waals surface area contributed by atoms with Gasteiger partial charge in [-0.25, -0.2) is 9.18 Å². The average Bonchev–Trinajstić information content (AvgIpc) is 2.45. The molecular formula is C15H14ClFN2O2. The molecule has 2 rings (SSSR count). The van der Waals surface area contributed by atoms with E-state index in [0.29, 0.717) is 17.1 Å². The first-order chi connectivity index (χ1) is 9.92. The van der Waals surface area contributed by atoms with Gasteiger partial charge in [0, 0.05) is 17.1 Å². The summed E-state index contributed by atoms with van der Waals surface area (Å²) in [6.07, 6.45) is 0. The van der Waals surface area contributed by atoms with Gasteiger partial charge in [-0.2, -0.15) is 0 Å². The molecule has 6 heteroatoms. The summed E-state index contributed by atoms with van der Waals surface area (Å²) in [5.41, 5.74) is 8.46. The zero-order valence-corrected chi connectivity index (χ0v) is 12.3. The number of nitrogens with one attached hydrogen (secondary N) is 1. The SMILES string of the molecule is COC(=O)c1cc(Nc2ccc(F)c(Cl)c2)cc(C)c1N. The van der Waals surface area contributed by atoms with Gasteiger partial charge < -0.3 is 15.8 Å². The Morgan fingerprint density at radius 3 is 2.62 bits per heavy atom. The smallest absolute Gasteiger partial charge is 0.340 e. The molecule has 2 aromatic rings. The van der Waals surface area contributed by atoms with Gasteiger partial charge in [0.05, 0.1) is 17.7 Å². The van der Waals surface area contributed by atoms with Gasteiger partial charge in [0.1, 0.15) is 5.82 Å². The molecule has 110 valence electrons. The summed E-state index contributed by atoms with van der Waals surface area (Å²) in [4.78, 5) is 11.7. The predicted molar refractivity (Wildman–Crippen MR) is 81.6 cm³/mol. The number of carbonyl (C=O) groups is 1. The first-order valence-electron chi connectivity index (χ1n) is 6.13. The van der Waals surface area contributed by atoms with Gasteiger partial charge in [-0.1, -0.05) is 11.6 Å². The third-order valence-corrected chi connectivity index (χ3v) is 3.29. The van der Waals surface area contributed by atoms with E-state index < -0.39 is 11.8 Å². The monoisotopic (exact) mass is 308 g/mol. The first kappa shape index (κ1) is 15.1. The van der Waals surface area contributed by atoms with Crippen molar-refractivity contribution in [2.75, 3.05) is 18.2 Å². The van der Waals surface area contributed by atoms with Crippen molar-refractivity contribution in [3.8, 4) is 0 Å². The van der Waals surface area contributed by atoms with Crippen molar-refractivity contribution >= 4 is 34.6 Å². The van der Waals surface area contributed by atoms with E-state index in [0.717, 1.165) is 5.56 Å². The van der Waals surface area contributed by atoms with Gasteiger partial charge in [-0.05, 0) is 42.8 Å². The quantitative estimate of drug-likeness (QED) is 0.666. The number of halogens is 2. The largest absolute Gasteiger partial charge is 0.465 e. The molecule has 0 unspecified atom stereocenters. The number of rotatable bonds is 3. The van der Waals surface area contributed by atoms with Crippen LogP contribution in [0, 0.1) is 12.7 Å². The molecule has 3 N–H and O–H groups in total. The fourth-order valence-electron chi connectivity index (χ4n) is 1.89. The van der Waals surface area contributed by atoms with Crippen molar-refractivity contribution < 1.29 is 13.9 Å². The minimum Gasteiger partial charge on any atom is -0.465 e. The summed E-state index contributed by atoms with van der Waals surface area (Å²) in [7, 11) is 1.29. The third-order valence-electron chi connectivity index (χ3n) is 3.00. The summed E-state index contributed by atoms with van der Waals surface area (Å²) in [5, 5.41) is 3.06. The molecule has 0 aliphatic rings. The maximum absolute atomic E-state index is 13.1. The lowest BCUT2D eigenvalue weighted by molar-refractivity contribution is 0.0602. The number of ether oxygens (including phenoxy) is 1. The standard InChI is InChI=1S/C15H14ClFN2O2/c1-8-5-10(6-11(14(8)18)15(20)21-2)19-9-3-4-13(17)12(16)7-9/h3-7,19H,18H2,1-2H3. The van der Waals surface area contributed by atoms with E-state index in [1.54, 1.807) is 25.1 Å². The zero-order valence-electron chi connectivity index (χ0n) is 11.5. The summed E-state index contributed by atoms with van der Waals surface area (Å²) >= 11 is 5.73. The van der Waals surface area contributed by atoms with E-state index in [2.05, 4.69) is 5.32 Å². The Bertz CT molecular complexity index is 704. The normalized spacial score (nSPS) is 10.3. The number of carbonyl (C=O) groups excluding carboxylic acids is 1. The highest BCUT2D eigenvalue weighted by atomic mass is 35.5. The lowest BCUT2D eigenvalue weighted by atomic mass is 10.1. The van der Waals surface area contributed by atoms with E-state index in [1.807, 2.05) is 0 Å². The topological polar surface area (TPSA) is 64.3 Å². The molecule has 0 aliphatic heterocycles. The number of methoxy groups -OCH3 is 1. The Balaban J connectivity index is 2.38. The number of nitrogen functional groups attached to an aromatic ring is 1. The average molecular weight is 309 g/mol. The Morgan fingerprint density at radius 1 is 1.29 bits per heavy atom. The number of benzene rings is 2. The van der Waals surface area contributed by atoms with Crippen LogP contribution in [0.1, 0.15) is 15.9 Å². The lowest BCUT2D eigenvalue weighted by Gasteiger charge is -2.12. The molecule has 0 bridgehead atoms. The van der Waals surface area contributed by atoms with Crippen molar-refractivity contribution in [3.05, 3.63) is 52.3 Å². The van der Waals surface area contributed by atoms with Crippen LogP contribution in [0.15, 0.2) is 30.3 Å². The molecule has 0 radical (unpaired) electrons. The molecule has 21 heavy (non-hydrogen) atoms. The fourth-order valence-corrected chi connectivity index (χ4v) is 2.07. The fraction of sp³-hybridized carbons (Fsp3) is 0.133. The van der Waals surface area contributed by atoms with Crippen molar-refractivity contribution in [1.82, 2.24) is 0 Å². The Morgan fingerprint density at radius 2 is 2.00 bits per heavy atom. The predicted octanol–water partition coefficient (Wildman–Crippen LogP) is 3.90. The number of hydrogen-bond acceptors (Lipinski definition) is 4. The molecule has 0 atom stereocenters. The molecule has 0 saturated heterocycles. The number of anilines is 3. The van der Waals surface area contributed by atoms with Crippen molar-refractivity contribution in [3.63, 3.8) is 0 Å².